The molecule has 11 heteroatoms. The number of anilines is 2. The van der Waals surface area contributed by atoms with Crippen molar-refractivity contribution in [3.8, 4) is 11.5 Å². The van der Waals surface area contributed by atoms with Crippen LogP contribution >= 0.6 is 15.9 Å². The van der Waals surface area contributed by atoms with Gasteiger partial charge in [0, 0.05) is 69.6 Å². The summed E-state index contributed by atoms with van der Waals surface area (Å²) < 4.78 is 12.6. The first-order valence-corrected chi connectivity index (χ1v) is 15.1. The lowest BCUT2D eigenvalue weighted by molar-refractivity contribution is 0.182. The lowest BCUT2D eigenvalue weighted by Crippen LogP contribution is -2.53. The Hall–Kier alpha value is -3.02. The molecule has 1 N–H and O–H groups in total. The molecule has 0 atom stereocenters. The Morgan fingerprint density at radius 2 is 1.35 bits per heavy atom. The molecule has 10 nitrogen and oxygen atoms in total. The fraction of sp³-hybridized carbons (Fsp3) is 0.517. The fourth-order valence-corrected chi connectivity index (χ4v) is 6.11. The first kappa shape index (κ1) is 28.5. The minimum Gasteiger partial charge on any atom is -0.493 e. The molecule has 0 radical (unpaired) electrons. The Morgan fingerprint density at radius 3 is 1.90 bits per heavy atom. The van der Waals surface area contributed by atoms with E-state index in [0.29, 0.717) is 31.2 Å². The van der Waals surface area contributed by atoms with Crippen LogP contribution in [0.5, 0.6) is 11.5 Å². The zero-order valence-electron chi connectivity index (χ0n) is 23.4. The van der Waals surface area contributed by atoms with Gasteiger partial charge in [-0.05, 0) is 85.3 Å². The average molecular weight is 612 g/mol. The van der Waals surface area contributed by atoms with Crippen molar-refractivity contribution in [2.75, 3.05) is 49.7 Å². The molecule has 1 aromatic carbocycles. The van der Waals surface area contributed by atoms with Gasteiger partial charge in [0.15, 0.2) is 0 Å². The van der Waals surface area contributed by atoms with Crippen LogP contribution in [0.4, 0.5) is 11.9 Å². The van der Waals surface area contributed by atoms with Crippen LogP contribution in [0.3, 0.4) is 0 Å². The Morgan fingerprint density at radius 1 is 0.825 bits per heavy atom. The first-order valence-electron chi connectivity index (χ1n) is 14.3. The number of nitrogens with zero attached hydrogens (tertiary/aromatic N) is 7. The summed E-state index contributed by atoms with van der Waals surface area (Å²) in [5.41, 5.74) is 4.56. The Kier molecular flexibility index (Phi) is 10.0. The second-order valence-electron chi connectivity index (χ2n) is 10.1. The number of hydrazine groups is 1. The third-order valence-corrected chi connectivity index (χ3v) is 8.27. The summed E-state index contributed by atoms with van der Waals surface area (Å²) in [7, 11) is 0. The highest BCUT2D eigenvalue weighted by Crippen LogP contribution is 2.37. The predicted octanol–water partition coefficient (Wildman–Crippen LogP) is 4.79. The van der Waals surface area contributed by atoms with Crippen molar-refractivity contribution in [1.82, 2.24) is 29.8 Å². The van der Waals surface area contributed by atoms with Crippen molar-refractivity contribution < 1.29 is 9.47 Å². The normalized spacial score (nSPS) is 17.5. The van der Waals surface area contributed by atoms with Gasteiger partial charge in [0.25, 0.3) is 0 Å². The molecule has 0 amide bonds. The summed E-state index contributed by atoms with van der Waals surface area (Å²) in [5, 5.41) is 2.21. The molecule has 2 fully saturated rings. The molecule has 0 spiro atoms. The highest BCUT2D eigenvalue weighted by molar-refractivity contribution is 9.10. The van der Waals surface area contributed by atoms with E-state index in [0.717, 1.165) is 80.3 Å². The molecule has 5 rings (SSSR count). The SMILES string of the molecule is CCOc1cc(CN2CCC(N(c3ncccn3)C3CCN(Nc4ncccn4)CC3)CC2)cc(OCC)c1Br. The topological polar surface area (TPSA) is 91.8 Å². The van der Waals surface area contributed by atoms with Crippen LogP contribution < -0.4 is 19.8 Å². The number of likely N-dealkylation sites (tertiary alicyclic amines) is 1. The zero-order chi connectivity index (χ0) is 27.7. The van der Waals surface area contributed by atoms with E-state index in [2.05, 4.69) is 68.2 Å². The van der Waals surface area contributed by atoms with Gasteiger partial charge in [-0.25, -0.2) is 24.9 Å². The van der Waals surface area contributed by atoms with Crippen LogP contribution in [0.15, 0.2) is 53.5 Å². The molecule has 0 saturated carbocycles. The van der Waals surface area contributed by atoms with E-state index < -0.39 is 0 Å². The maximum atomic E-state index is 5.88. The number of hydrogen-bond donors (Lipinski definition) is 1. The summed E-state index contributed by atoms with van der Waals surface area (Å²) in [6.07, 6.45) is 11.4. The smallest absolute Gasteiger partial charge is 0.237 e. The van der Waals surface area contributed by atoms with Gasteiger partial charge >= 0.3 is 0 Å². The number of ether oxygens (including phenoxy) is 2. The standard InChI is InChI=1S/C29H39BrN8O2/c1-3-39-25-19-22(20-26(27(25)30)40-4-2)21-36-15-7-23(8-16-36)38(29-33-13-6-14-34-29)24-9-17-37(18-10-24)35-28-31-11-5-12-32-28/h5-6,11-14,19-20,23-24H,3-4,7-10,15-18,21H2,1-2H3,(H,31,32,35). The maximum Gasteiger partial charge on any atom is 0.237 e. The van der Waals surface area contributed by atoms with Crippen molar-refractivity contribution in [3.05, 3.63) is 59.1 Å². The minimum absolute atomic E-state index is 0.391. The molecule has 3 aromatic rings. The van der Waals surface area contributed by atoms with E-state index in [9.17, 15) is 0 Å². The van der Waals surface area contributed by atoms with Gasteiger partial charge in [-0.2, -0.15) is 0 Å². The Balaban J connectivity index is 1.22. The van der Waals surface area contributed by atoms with Crippen LogP contribution in [0.25, 0.3) is 0 Å². The highest BCUT2D eigenvalue weighted by Gasteiger charge is 2.33. The van der Waals surface area contributed by atoms with Crippen molar-refractivity contribution in [1.29, 1.82) is 0 Å². The van der Waals surface area contributed by atoms with Crippen molar-refractivity contribution in [3.63, 3.8) is 0 Å². The number of benzene rings is 1. The average Bonchev–Trinajstić information content (AvgIpc) is 2.99. The van der Waals surface area contributed by atoms with E-state index in [1.54, 1.807) is 12.4 Å². The second-order valence-corrected chi connectivity index (χ2v) is 10.9. The molecule has 2 aromatic heterocycles. The van der Waals surface area contributed by atoms with Crippen molar-refractivity contribution >= 4 is 27.8 Å². The summed E-state index contributed by atoms with van der Waals surface area (Å²) in [4.78, 5) is 23.0. The van der Waals surface area contributed by atoms with Gasteiger partial charge in [0.1, 0.15) is 16.0 Å². The quantitative estimate of drug-likeness (QED) is 0.327. The van der Waals surface area contributed by atoms with Crippen LogP contribution in [-0.4, -0.2) is 81.3 Å². The third-order valence-electron chi connectivity index (χ3n) is 7.49. The third kappa shape index (κ3) is 7.18. The van der Waals surface area contributed by atoms with Gasteiger partial charge in [0.2, 0.25) is 11.9 Å². The van der Waals surface area contributed by atoms with Gasteiger partial charge in [-0.3, -0.25) is 10.3 Å². The van der Waals surface area contributed by atoms with Gasteiger partial charge < -0.3 is 14.4 Å². The van der Waals surface area contributed by atoms with E-state index >= 15 is 0 Å². The number of nitrogens with one attached hydrogen (secondary N) is 1. The van der Waals surface area contributed by atoms with Crippen LogP contribution in [0.2, 0.25) is 0 Å². The maximum absolute atomic E-state index is 5.88. The number of rotatable bonds is 11. The number of aromatic nitrogens is 4. The van der Waals surface area contributed by atoms with Gasteiger partial charge in [-0.15, -0.1) is 0 Å². The zero-order valence-corrected chi connectivity index (χ0v) is 25.0. The number of hydrogen-bond acceptors (Lipinski definition) is 10. The summed E-state index contributed by atoms with van der Waals surface area (Å²) in [6, 6.07) is 8.78. The summed E-state index contributed by atoms with van der Waals surface area (Å²) in [5.74, 6) is 3.16. The van der Waals surface area contributed by atoms with Crippen LogP contribution in [0, 0.1) is 0 Å². The van der Waals surface area contributed by atoms with E-state index in [4.69, 9.17) is 9.47 Å². The van der Waals surface area contributed by atoms with E-state index in [1.807, 2.05) is 38.4 Å². The molecule has 2 saturated heterocycles. The van der Waals surface area contributed by atoms with E-state index in [-0.39, 0.29) is 0 Å². The number of piperidine rings is 2. The molecule has 214 valence electrons. The Labute approximate surface area is 245 Å². The van der Waals surface area contributed by atoms with Crippen LogP contribution in [0.1, 0.15) is 45.1 Å². The minimum atomic E-state index is 0.391. The second kappa shape index (κ2) is 14.0. The molecular formula is C29H39BrN8O2. The molecule has 2 aliphatic rings. The van der Waals surface area contributed by atoms with Crippen molar-refractivity contribution in [2.45, 2.75) is 58.2 Å². The summed E-state index contributed by atoms with van der Waals surface area (Å²) >= 11 is 3.65. The summed E-state index contributed by atoms with van der Waals surface area (Å²) in [6.45, 7) is 9.98. The van der Waals surface area contributed by atoms with E-state index in [1.165, 1.54) is 5.56 Å². The Bertz CT molecular complexity index is 1160. The number of halogens is 1. The van der Waals surface area contributed by atoms with Gasteiger partial charge in [-0.1, -0.05) is 0 Å². The molecule has 0 bridgehead atoms. The van der Waals surface area contributed by atoms with Gasteiger partial charge in [0.05, 0.1) is 13.2 Å². The molecular weight excluding hydrogens is 572 g/mol. The lowest BCUT2D eigenvalue weighted by Gasteiger charge is -2.45. The molecule has 40 heavy (non-hydrogen) atoms. The largest absolute Gasteiger partial charge is 0.493 e. The monoisotopic (exact) mass is 610 g/mol. The molecule has 2 aliphatic heterocycles. The fourth-order valence-electron chi connectivity index (χ4n) is 5.66. The van der Waals surface area contributed by atoms with Crippen LogP contribution in [-0.2, 0) is 6.54 Å². The molecule has 0 unspecified atom stereocenters. The van der Waals surface area contributed by atoms with Crippen molar-refractivity contribution in [2.24, 2.45) is 0 Å². The molecule has 4 heterocycles. The highest BCUT2D eigenvalue weighted by atomic mass is 79.9. The predicted molar refractivity (Wildman–Crippen MR) is 160 cm³/mol. The lowest BCUT2D eigenvalue weighted by atomic mass is 9.97. The molecule has 0 aliphatic carbocycles. The first-order chi connectivity index (χ1) is 19.6.